The largest absolute Gasteiger partial charge is 0.465 e. The summed E-state index contributed by atoms with van der Waals surface area (Å²) >= 11 is 0. The van der Waals surface area contributed by atoms with Crippen molar-refractivity contribution < 1.29 is 13.9 Å². The van der Waals surface area contributed by atoms with Gasteiger partial charge in [-0.05, 0) is 35.9 Å². The molecule has 0 amide bonds. The van der Waals surface area contributed by atoms with E-state index in [0.29, 0.717) is 11.1 Å². The molecule has 0 atom stereocenters. The summed E-state index contributed by atoms with van der Waals surface area (Å²) < 4.78 is 17.9. The van der Waals surface area contributed by atoms with Crippen LogP contribution in [-0.4, -0.2) is 18.1 Å². The first kappa shape index (κ1) is 12.0. The van der Waals surface area contributed by atoms with Crippen LogP contribution in [0.5, 0.6) is 0 Å². The molecule has 18 heavy (non-hydrogen) atoms. The van der Waals surface area contributed by atoms with Gasteiger partial charge in [-0.25, -0.2) is 9.18 Å². The predicted molar refractivity (Wildman–Crippen MR) is 63.8 cm³/mol. The van der Waals surface area contributed by atoms with Crippen LogP contribution in [0.4, 0.5) is 4.39 Å². The lowest BCUT2D eigenvalue weighted by Crippen LogP contribution is -2.08. The smallest absolute Gasteiger partial charge is 0.337 e. The summed E-state index contributed by atoms with van der Waals surface area (Å²) in [6, 6.07) is 6.84. The quantitative estimate of drug-likeness (QED) is 0.825. The lowest BCUT2D eigenvalue weighted by atomic mass is 10.0. The Hall–Kier alpha value is -2.43. The average Bonchev–Trinajstić information content (AvgIpc) is 2.37. The molecule has 2 aromatic rings. The van der Waals surface area contributed by atoms with Crippen molar-refractivity contribution in [3.63, 3.8) is 0 Å². The average molecular weight is 247 g/mol. The fourth-order valence-corrected chi connectivity index (χ4v) is 1.63. The van der Waals surface area contributed by atoms with Crippen LogP contribution in [0.2, 0.25) is 0 Å². The number of pyridine rings is 1. The second kappa shape index (κ2) is 4.83. The monoisotopic (exact) mass is 247 g/mol. The van der Waals surface area contributed by atoms with Crippen molar-refractivity contribution in [2.45, 2.75) is 0 Å². The highest BCUT2D eigenvalue weighted by atomic mass is 19.1. The maximum atomic E-state index is 13.4. The zero-order chi connectivity index (χ0) is 13.1. The Morgan fingerprint density at radius 2 is 2.11 bits per heavy atom. The van der Waals surface area contributed by atoms with Crippen molar-refractivity contribution in [3.8, 4) is 11.1 Å². The molecule has 0 aliphatic rings. The minimum Gasteiger partial charge on any atom is -0.465 e. The molecule has 0 aliphatic carbocycles. The molecule has 1 aromatic heterocycles. The van der Waals surface area contributed by atoms with Crippen LogP contribution in [0.1, 0.15) is 10.4 Å². The Morgan fingerprint density at radius 3 is 2.78 bits per heavy atom. The molecule has 1 N–H and O–H groups in total. The fourth-order valence-electron chi connectivity index (χ4n) is 1.63. The first-order valence-corrected chi connectivity index (χ1v) is 5.19. The number of carbonyl (C=O) groups excluding carboxylic acids is 1. The zero-order valence-electron chi connectivity index (χ0n) is 9.57. The number of nitrogens with one attached hydrogen (secondary N) is 1. The van der Waals surface area contributed by atoms with Gasteiger partial charge in [-0.1, -0.05) is 0 Å². The molecule has 0 radical (unpaired) electrons. The summed E-state index contributed by atoms with van der Waals surface area (Å²) in [4.78, 5) is 25.4. The van der Waals surface area contributed by atoms with Gasteiger partial charge in [0.2, 0.25) is 0 Å². The first-order chi connectivity index (χ1) is 8.61. The number of hydrogen-bond acceptors (Lipinski definition) is 3. The number of carbonyl (C=O) groups is 1. The van der Waals surface area contributed by atoms with E-state index in [1.807, 2.05) is 0 Å². The SMILES string of the molecule is COC(=O)c1cc(F)cc(-c2ccc[nH]c2=O)c1. The third-order valence-corrected chi connectivity index (χ3v) is 2.45. The third-order valence-electron chi connectivity index (χ3n) is 2.45. The van der Waals surface area contributed by atoms with E-state index < -0.39 is 11.8 Å². The molecule has 0 spiro atoms. The molecular formula is C13H10FNO3. The minimum atomic E-state index is -0.650. The molecule has 1 heterocycles. The van der Waals surface area contributed by atoms with Crippen LogP contribution in [0.15, 0.2) is 41.3 Å². The van der Waals surface area contributed by atoms with Crippen LogP contribution >= 0.6 is 0 Å². The van der Waals surface area contributed by atoms with Gasteiger partial charge >= 0.3 is 5.97 Å². The molecule has 5 heteroatoms. The highest BCUT2D eigenvalue weighted by molar-refractivity contribution is 5.91. The summed E-state index contributed by atoms with van der Waals surface area (Å²) in [6.45, 7) is 0. The number of aromatic amines is 1. The summed E-state index contributed by atoms with van der Waals surface area (Å²) in [5.74, 6) is -1.25. The van der Waals surface area contributed by atoms with Crippen LogP contribution < -0.4 is 5.56 Å². The number of halogens is 1. The molecular weight excluding hydrogens is 237 g/mol. The lowest BCUT2D eigenvalue weighted by Gasteiger charge is -2.04. The van der Waals surface area contributed by atoms with E-state index in [1.165, 1.54) is 25.4 Å². The topological polar surface area (TPSA) is 59.2 Å². The number of H-pyrrole nitrogens is 1. The highest BCUT2D eigenvalue weighted by Crippen LogP contribution is 2.19. The number of aromatic nitrogens is 1. The number of benzene rings is 1. The van der Waals surface area contributed by atoms with Crippen molar-refractivity contribution in [1.82, 2.24) is 4.98 Å². The number of methoxy groups -OCH3 is 1. The van der Waals surface area contributed by atoms with Crippen LogP contribution in [0.25, 0.3) is 11.1 Å². The molecule has 0 aliphatic heterocycles. The van der Waals surface area contributed by atoms with Crippen LogP contribution in [0.3, 0.4) is 0 Å². The maximum absolute atomic E-state index is 13.4. The van der Waals surface area contributed by atoms with Gasteiger partial charge in [0.1, 0.15) is 5.82 Å². The zero-order valence-corrected chi connectivity index (χ0v) is 9.57. The second-order valence-corrected chi connectivity index (χ2v) is 3.63. The Kier molecular flexibility index (Phi) is 3.23. The molecule has 4 nitrogen and oxygen atoms in total. The number of ether oxygens (including phenoxy) is 1. The van der Waals surface area contributed by atoms with Crippen molar-refractivity contribution in [2.75, 3.05) is 7.11 Å². The summed E-state index contributed by atoms with van der Waals surface area (Å²) in [6.07, 6.45) is 1.48. The van der Waals surface area contributed by atoms with Crippen LogP contribution in [-0.2, 0) is 4.74 Å². The third kappa shape index (κ3) is 2.29. The lowest BCUT2D eigenvalue weighted by molar-refractivity contribution is 0.0600. The molecule has 92 valence electrons. The van der Waals surface area contributed by atoms with Gasteiger partial charge in [-0.2, -0.15) is 0 Å². The molecule has 1 aromatic carbocycles. The van der Waals surface area contributed by atoms with E-state index in [0.717, 1.165) is 6.07 Å². The van der Waals surface area contributed by atoms with Gasteiger partial charge in [0.25, 0.3) is 5.56 Å². The highest BCUT2D eigenvalue weighted by Gasteiger charge is 2.11. The number of hydrogen-bond donors (Lipinski definition) is 1. The van der Waals surface area contributed by atoms with E-state index in [4.69, 9.17) is 0 Å². The van der Waals surface area contributed by atoms with E-state index >= 15 is 0 Å². The first-order valence-electron chi connectivity index (χ1n) is 5.19. The van der Waals surface area contributed by atoms with Crippen molar-refractivity contribution in [3.05, 3.63) is 58.3 Å². The number of rotatable bonds is 2. The second-order valence-electron chi connectivity index (χ2n) is 3.63. The maximum Gasteiger partial charge on any atom is 0.337 e. The fraction of sp³-hybridized carbons (Fsp3) is 0.0769. The van der Waals surface area contributed by atoms with Crippen molar-refractivity contribution >= 4 is 5.97 Å². The normalized spacial score (nSPS) is 10.1. The van der Waals surface area contributed by atoms with Gasteiger partial charge in [-0.3, -0.25) is 4.79 Å². The van der Waals surface area contributed by atoms with Gasteiger partial charge in [0.15, 0.2) is 0 Å². The van der Waals surface area contributed by atoms with Crippen molar-refractivity contribution in [1.29, 1.82) is 0 Å². The Morgan fingerprint density at radius 1 is 1.33 bits per heavy atom. The summed E-state index contributed by atoms with van der Waals surface area (Å²) in [7, 11) is 1.21. The Balaban J connectivity index is 2.59. The predicted octanol–water partition coefficient (Wildman–Crippen LogP) is 1.97. The van der Waals surface area contributed by atoms with E-state index in [-0.39, 0.29) is 11.1 Å². The van der Waals surface area contributed by atoms with E-state index in [2.05, 4.69) is 9.72 Å². The molecule has 0 unspecified atom stereocenters. The molecule has 0 fully saturated rings. The van der Waals surface area contributed by atoms with E-state index in [9.17, 15) is 14.0 Å². The van der Waals surface area contributed by atoms with Crippen LogP contribution in [0, 0.1) is 5.82 Å². The summed E-state index contributed by atoms with van der Waals surface area (Å²) in [5, 5.41) is 0. The van der Waals surface area contributed by atoms with Gasteiger partial charge in [-0.15, -0.1) is 0 Å². The standard InChI is InChI=1S/C13H10FNO3/c1-18-13(17)9-5-8(6-10(14)7-9)11-3-2-4-15-12(11)16/h2-7H,1H3,(H,15,16). The van der Waals surface area contributed by atoms with Crippen molar-refractivity contribution in [2.24, 2.45) is 0 Å². The Labute approximate surface area is 102 Å². The van der Waals surface area contributed by atoms with E-state index in [1.54, 1.807) is 12.1 Å². The molecule has 0 bridgehead atoms. The number of esters is 1. The van der Waals surface area contributed by atoms with Gasteiger partial charge in [0, 0.05) is 11.8 Å². The minimum absolute atomic E-state index is 0.0655. The van der Waals surface area contributed by atoms with Gasteiger partial charge in [0.05, 0.1) is 12.7 Å². The van der Waals surface area contributed by atoms with Gasteiger partial charge < -0.3 is 9.72 Å². The molecule has 0 saturated heterocycles. The molecule has 0 saturated carbocycles. The summed E-state index contributed by atoms with van der Waals surface area (Å²) in [5.41, 5.74) is 0.342. The Bertz CT molecular complexity index is 649. The molecule has 2 rings (SSSR count).